The van der Waals surface area contributed by atoms with Gasteiger partial charge in [0.2, 0.25) is 5.91 Å². The molecule has 0 fully saturated rings. The Kier molecular flexibility index (Phi) is 4.83. The fraction of sp³-hybridized carbons (Fsp3) is 0.600. The van der Waals surface area contributed by atoms with Gasteiger partial charge in [0, 0.05) is 25.4 Å². The second-order valence-electron chi connectivity index (χ2n) is 3.41. The molecule has 2 N–H and O–H groups in total. The highest BCUT2D eigenvalue weighted by Crippen LogP contribution is 1.94. The van der Waals surface area contributed by atoms with Crippen LogP contribution in [0.3, 0.4) is 0 Å². The number of aryl methyl sites for hydroxylation is 1. The summed E-state index contributed by atoms with van der Waals surface area (Å²) in [5.41, 5.74) is 0. The van der Waals surface area contributed by atoms with Crippen LogP contribution in [0.2, 0.25) is 0 Å². The lowest BCUT2D eigenvalue weighted by Crippen LogP contribution is -2.37. The fourth-order valence-corrected chi connectivity index (χ4v) is 1.23. The molecular weight excluding hydrogens is 194 g/mol. The zero-order valence-corrected chi connectivity index (χ0v) is 8.89. The number of aliphatic hydroxyl groups excluding tert-OH is 1. The minimum absolute atomic E-state index is 0.00663. The smallest absolute Gasteiger partial charge is 0.222 e. The fourth-order valence-electron chi connectivity index (χ4n) is 1.23. The van der Waals surface area contributed by atoms with Crippen LogP contribution >= 0.6 is 0 Å². The standard InChI is InChI=1S/C10H17N3O2/c1-2-9(7-14)12-10(15)3-5-13-6-4-11-8-13/h4,6,8-9,14H,2-3,5,7H2,1H3,(H,12,15). The number of amides is 1. The summed E-state index contributed by atoms with van der Waals surface area (Å²) in [7, 11) is 0. The number of carbonyl (C=O) groups excluding carboxylic acids is 1. The molecule has 1 heterocycles. The maximum Gasteiger partial charge on any atom is 0.222 e. The molecule has 0 radical (unpaired) electrons. The zero-order chi connectivity index (χ0) is 11.1. The Morgan fingerprint density at radius 2 is 2.47 bits per heavy atom. The first-order valence-corrected chi connectivity index (χ1v) is 5.12. The molecule has 1 amide bonds. The molecule has 1 unspecified atom stereocenters. The SMILES string of the molecule is CCC(CO)NC(=O)CCn1ccnc1. The van der Waals surface area contributed by atoms with Gasteiger partial charge in [-0.15, -0.1) is 0 Å². The van der Waals surface area contributed by atoms with Gasteiger partial charge in [0.05, 0.1) is 19.0 Å². The van der Waals surface area contributed by atoms with E-state index in [4.69, 9.17) is 5.11 Å². The maximum atomic E-state index is 11.4. The zero-order valence-electron chi connectivity index (χ0n) is 8.89. The van der Waals surface area contributed by atoms with E-state index in [1.165, 1.54) is 0 Å². The van der Waals surface area contributed by atoms with Gasteiger partial charge in [-0.25, -0.2) is 4.98 Å². The lowest BCUT2D eigenvalue weighted by Gasteiger charge is -2.13. The summed E-state index contributed by atoms with van der Waals surface area (Å²) >= 11 is 0. The minimum Gasteiger partial charge on any atom is -0.394 e. The largest absolute Gasteiger partial charge is 0.394 e. The van der Waals surface area contributed by atoms with Crippen molar-refractivity contribution in [3.8, 4) is 0 Å². The molecule has 84 valence electrons. The molecule has 0 aliphatic heterocycles. The van der Waals surface area contributed by atoms with E-state index >= 15 is 0 Å². The number of rotatable bonds is 6. The van der Waals surface area contributed by atoms with Gasteiger partial charge in [-0.3, -0.25) is 4.79 Å². The highest BCUT2D eigenvalue weighted by Gasteiger charge is 2.08. The van der Waals surface area contributed by atoms with Crippen LogP contribution in [0.15, 0.2) is 18.7 Å². The van der Waals surface area contributed by atoms with E-state index in [9.17, 15) is 4.79 Å². The molecule has 0 aliphatic rings. The van der Waals surface area contributed by atoms with Gasteiger partial charge in [0.15, 0.2) is 0 Å². The van der Waals surface area contributed by atoms with Crippen LogP contribution in [0.4, 0.5) is 0 Å². The molecule has 0 bridgehead atoms. The Labute approximate surface area is 89.1 Å². The van der Waals surface area contributed by atoms with Gasteiger partial charge in [-0.2, -0.15) is 0 Å². The molecular formula is C10H17N3O2. The predicted octanol–water partition coefficient (Wildman–Crippen LogP) is 0.160. The summed E-state index contributed by atoms with van der Waals surface area (Å²) in [4.78, 5) is 15.3. The van der Waals surface area contributed by atoms with E-state index in [1.54, 1.807) is 12.5 Å². The number of hydrogen-bond acceptors (Lipinski definition) is 3. The first-order chi connectivity index (χ1) is 7.26. The van der Waals surface area contributed by atoms with Gasteiger partial charge in [0.1, 0.15) is 0 Å². The number of nitrogens with one attached hydrogen (secondary N) is 1. The molecule has 0 aromatic carbocycles. The Hall–Kier alpha value is -1.36. The van der Waals surface area contributed by atoms with E-state index in [2.05, 4.69) is 10.3 Å². The lowest BCUT2D eigenvalue weighted by molar-refractivity contribution is -0.122. The first-order valence-electron chi connectivity index (χ1n) is 5.12. The third-order valence-electron chi connectivity index (χ3n) is 2.23. The van der Waals surface area contributed by atoms with Gasteiger partial charge >= 0.3 is 0 Å². The van der Waals surface area contributed by atoms with Crippen LogP contribution in [0.5, 0.6) is 0 Å². The van der Waals surface area contributed by atoms with Gasteiger partial charge in [-0.1, -0.05) is 6.92 Å². The summed E-state index contributed by atoms with van der Waals surface area (Å²) in [5, 5.41) is 11.7. The number of nitrogens with zero attached hydrogens (tertiary/aromatic N) is 2. The molecule has 0 saturated heterocycles. The van der Waals surface area contributed by atoms with Crippen LogP contribution < -0.4 is 5.32 Å². The van der Waals surface area contributed by atoms with Crippen LogP contribution in [-0.4, -0.2) is 33.2 Å². The van der Waals surface area contributed by atoms with E-state index in [-0.39, 0.29) is 18.6 Å². The minimum atomic E-state index is -0.125. The van der Waals surface area contributed by atoms with E-state index in [0.717, 1.165) is 6.42 Å². The molecule has 0 aliphatic carbocycles. The number of imidazole rings is 1. The quantitative estimate of drug-likeness (QED) is 0.704. The summed E-state index contributed by atoms with van der Waals surface area (Å²) in [5.74, 6) is -0.0374. The van der Waals surface area contributed by atoms with Crippen molar-refractivity contribution < 1.29 is 9.90 Å². The molecule has 5 nitrogen and oxygen atoms in total. The number of hydrogen-bond donors (Lipinski definition) is 2. The van der Waals surface area contributed by atoms with Crippen molar-refractivity contribution in [1.29, 1.82) is 0 Å². The van der Waals surface area contributed by atoms with Gasteiger partial charge < -0.3 is 15.0 Å². The second-order valence-corrected chi connectivity index (χ2v) is 3.41. The summed E-state index contributed by atoms with van der Waals surface area (Å²) in [6.07, 6.45) is 6.33. The summed E-state index contributed by atoms with van der Waals surface area (Å²) in [6, 6.07) is -0.125. The molecule has 0 saturated carbocycles. The highest BCUT2D eigenvalue weighted by atomic mass is 16.3. The Morgan fingerprint density at radius 1 is 1.67 bits per heavy atom. The van der Waals surface area contributed by atoms with Crippen LogP contribution in [0.25, 0.3) is 0 Å². The third-order valence-corrected chi connectivity index (χ3v) is 2.23. The molecule has 15 heavy (non-hydrogen) atoms. The lowest BCUT2D eigenvalue weighted by atomic mass is 10.2. The molecule has 1 aromatic heterocycles. The third kappa shape index (κ3) is 4.12. The van der Waals surface area contributed by atoms with Crippen molar-refractivity contribution in [2.24, 2.45) is 0 Å². The number of aromatic nitrogens is 2. The van der Waals surface area contributed by atoms with Crippen molar-refractivity contribution in [3.05, 3.63) is 18.7 Å². The van der Waals surface area contributed by atoms with Crippen molar-refractivity contribution in [2.75, 3.05) is 6.61 Å². The van der Waals surface area contributed by atoms with Crippen LogP contribution in [-0.2, 0) is 11.3 Å². The van der Waals surface area contributed by atoms with E-state index in [1.807, 2.05) is 17.7 Å². The Morgan fingerprint density at radius 3 is 3.00 bits per heavy atom. The second kappa shape index (κ2) is 6.19. The highest BCUT2D eigenvalue weighted by molar-refractivity contribution is 5.76. The van der Waals surface area contributed by atoms with Crippen LogP contribution in [0.1, 0.15) is 19.8 Å². The van der Waals surface area contributed by atoms with Gasteiger partial charge in [0.25, 0.3) is 0 Å². The molecule has 5 heteroatoms. The monoisotopic (exact) mass is 211 g/mol. The Balaban J connectivity index is 2.24. The summed E-state index contributed by atoms with van der Waals surface area (Å²) < 4.78 is 1.85. The molecule has 1 atom stereocenters. The van der Waals surface area contributed by atoms with Crippen LogP contribution in [0, 0.1) is 0 Å². The maximum absolute atomic E-state index is 11.4. The average Bonchev–Trinajstić information content (AvgIpc) is 2.75. The topological polar surface area (TPSA) is 67.2 Å². The van der Waals surface area contributed by atoms with E-state index in [0.29, 0.717) is 13.0 Å². The van der Waals surface area contributed by atoms with Crippen molar-refractivity contribution in [2.45, 2.75) is 32.4 Å². The number of aliphatic hydroxyl groups is 1. The van der Waals surface area contributed by atoms with E-state index < -0.39 is 0 Å². The average molecular weight is 211 g/mol. The molecule has 1 rings (SSSR count). The first kappa shape index (κ1) is 11.7. The van der Waals surface area contributed by atoms with Crippen molar-refractivity contribution in [3.63, 3.8) is 0 Å². The van der Waals surface area contributed by atoms with Gasteiger partial charge in [-0.05, 0) is 6.42 Å². The predicted molar refractivity (Wildman–Crippen MR) is 56.2 cm³/mol. The molecule has 1 aromatic rings. The normalized spacial score (nSPS) is 12.4. The summed E-state index contributed by atoms with van der Waals surface area (Å²) in [6.45, 7) is 2.54. The molecule has 0 spiro atoms. The number of carbonyl (C=O) groups is 1. The Bertz CT molecular complexity index is 281. The van der Waals surface area contributed by atoms with Crippen molar-refractivity contribution in [1.82, 2.24) is 14.9 Å². The van der Waals surface area contributed by atoms with Crippen molar-refractivity contribution >= 4 is 5.91 Å².